The molecule has 2 heterocycles. The Labute approximate surface area is 175 Å². The zero-order valence-electron chi connectivity index (χ0n) is 15.0. The number of carbonyl (C=O) groups excluding carboxylic acids is 1. The molecule has 0 spiro atoms. The molecule has 142 valence electrons. The minimum Gasteiger partial charge on any atom is -0.489 e. The molecule has 0 aliphatic carbocycles. The molecule has 1 N–H and O–H groups in total. The first-order chi connectivity index (χ1) is 12.9. The lowest BCUT2D eigenvalue weighted by molar-refractivity contribution is 0.0956. The smallest absolute Gasteiger partial charge is 0.261 e. The van der Waals surface area contributed by atoms with E-state index in [0.29, 0.717) is 29.6 Å². The molecule has 0 fully saturated rings. The minimum atomic E-state index is -0.0849. The van der Waals surface area contributed by atoms with Crippen LogP contribution < -0.4 is 10.1 Å². The number of ether oxygens (including phenoxy) is 1. The van der Waals surface area contributed by atoms with Crippen molar-refractivity contribution in [2.75, 3.05) is 6.54 Å². The third-order valence-electron chi connectivity index (χ3n) is 4.00. The van der Waals surface area contributed by atoms with Gasteiger partial charge in [0.05, 0.1) is 21.6 Å². The van der Waals surface area contributed by atoms with E-state index >= 15 is 0 Å². The van der Waals surface area contributed by atoms with Crippen molar-refractivity contribution >= 4 is 44.8 Å². The molecular formula is C19H19BrClN3O2S. The fourth-order valence-electron chi connectivity index (χ4n) is 2.52. The standard InChI is InChI=1S/C19H19BrClN3O2S/c1-12-18(20)13(2)24(23-12)8-7-22-19(25)17-9-14(11-27-17)10-26-16-5-3-15(21)4-6-16/h3-6,9,11H,7-8,10H2,1-2H3,(H,22,25). The largest absolute Gasteiger partial charge is 0.489 e. The lowest BCUT2D eigenvalue weighted by Crippen LogP contribution is -2.27. The molecule has 1 aromatic carbocycles. The van der Waals surface area contributed by atoms with Crippen molar-refractivity contribution in [2.45, 2.75) is 27.0 Å². The average Bonchev–Trinajstić information content (AvgIpc) is 3.22. The lowest BCUT2D eigenvalue weighted by Gasteiger charge is -2.06. The minimum absolute atomic E-state index is 0.0849. The van der Waals surface area contributed by atoms with Gasteiger partial charge in [0, 0.05) is 22.8 Å². The fourth-order valence-corrected chi connectivity index (χ4v) is 3.75. The zero-order chi connectivity index (χ0) is 19.4. The summed E-state index contributed by atoms with van der Waals surface area (Å²) in [5.74, 6) is 0.658. The first-order valence-electron chi connectivity index (χ1n) is 8.37. The van der Waals surface area contributed by atoms with E-state index in [2.05, 4.69) is 26.3 Å². The van der Waals surface area contributed by atoms with E-state index < -0.39 is 0 Å². The number of rotatable bonds is 7. The quantitative estimate of drug-likeness (QED) is 0.532. The van der Waals surface area contributed by atoms with Gasteiger partial charge in [0.1, 0.15) is 12.4 Å². The third kappa shape index (κ3) is 5.12. The maximum atomic E-state index is 12.3. The summed E-state index contributed by atoms with van der Waals surface area (Å²) in [6.45, 7) is 5.50. The van der Waals surface area contributed by atoms with Gasteiger partial charge in [-0.1, -0.05) is 11.6 Å². The van der Waals surface area contributed by atoms with Crippen molar-refractivity contribution in [3.63, 3.8) is 0 Å². The van der Waals surface area contributed by atoms with Crippen molar-refractivity contribution in [3.8, 4) is 5.75 Å². The van der Waals surface area contributed by atoms with Crippen LogP contribution in [0.4, 0.5) is 0 Å². The Bertz CT molecular complexity index is 937. The number of nitrogens with one attached hydrogen (secondary N) is 1. The maximum Gasteiger partial charge on any atom is 0.261 e. The van der Waals surface area contributed by atoms with Crippen molar-refractivity contribution in [3.05, 3.63) is 67.0 Å². The van der Waals surface area contributed by atoms with E-state index in [9.17, 15) is 4.79 Å². The number of hydrogen-bond acceptors (Lipinski definition) is 4. The summed E-state index contributed by atoms with van der Waals surface area (Å²) in [4.78, 5) is 13.0. The number of aromatic nitrogens is 2. The molecule has 5 nitrogen and oxygen atoms in total. The van der Waals surface area contributed by atoms with Crippen LogP contribution in [0.25, 0.3) is 0 Å². The molecule has 27 heavy (non-hydrogen) atoms. The number of amides is 1. The monoisotopic (exact) mass is 467 g/mol. The van der Waals surface area contributed by atoms with Crippen molar-refractivity contribution < 1.29 is 9.53 Å². The molecule has 0 saturated carbocycles. The highest BCUT2D eigenvalue weighted by Gasteiger charge is 2.11. The number of benzene rings is 1. The van der Waals surface area contributed by atoms with Crippen molar-refractivity contribution in [1.29, 1.82) is 0 Å². The molecule has 0 unspecified atom stereocenters. The Kier molecular flexibility index (Phi) is 6.57. The van der Waals surface area contributed by atoms with Crippen LogP contribution >= 0.6 is 38.9 Å². The van der Waals surface area contributed by atoms with Crippen LogP contribution in [0.15, 0.2) is 40.2 Å². The number of halogens is 2. The summed E-state index contributed by atoms with van der Waals surface area (Å²) in [6.07, 6.45) is 0. The molecule has 2 aromatic heterocycles. The van der Waals surface area contributed by atoms with Gasteiger partial charge >= 0.3 is 0 Å². The average molecular weight is 469 g/mol. The van der Waals surface area contributed by atoms with E-state index in [1.807, 2.05) is 42.1 Å². The Morgan fingerprint density at radius 1 is 1.33 bits per heavy atom. The van der Waals surface area contributed by atoms with Crippen LogP contribution in [-0.2, 0) is 13.2 Å². The molecule has 3 aromatic rings. The highest BCUT2D eigenvalue weighted by molar-refractivity contribution is 9.10. The highest BCUT2D eigenvalue weighted by atomic mass is 79.9. The number of nitrogens with zero attached hydrogens (tertiary/aromatic N) is 2. The predicted octanol–water partition coefficient (Wildman–Crippen LogP) is 4.99. The molecule has 0 aliphatic rings. The van der Waals surface area contributed by atoms with E-state index in [1.165, 1.54) is 11.3 Å². The second-order valence-corrected chi connectivity index (χ2v) is 8.17. The molecule has 0 atom stereocenters. The van der Waals surface area contributed by atoms with E-state index in [0.717, 1.165) is 27.2 Å². The number of carbonyl (C=O) groups is 1. The summed E-state index contributed by atoms with van der Waals surface area (Å²) >= 11 is 10.8. The molecular weight excluding hydrogens is 450 g/mol. The van der Waals surface area contributed by atoms with Crippen LogP contribution in [0, 0.1) is 13.8 Å². The van der Waals surface area contributed by atoms with E-state index in [1.54, 1.807) is 12.1 Å². The second-order valence-electron chi connectivity index (χ2n) is 6.03. The van der Waals surface area contributed by atoms with Gasteiger partial charge < -0.3 is 10.1 Å². The van der Waals surface area contributed by atoms with Gasteiger partial charge in [0.25, 0.3) is 5.91 Å². The number of aryl methyl sites for hydroxylation is 1. The van der Waals surface area contributed by atoms with Crippen molar-refractivity contribution in [2.24, 2.45) is 0 Å². The Morgan fingerprint density at radius 2 is 2.07 bits per heavy atom. The van der Waals surface area contributed by atoms with Crippen LogP contribution in [-0.4, -0.2) is 22.2 Å². The molecule has 1 amide bonds. The molecule has 3 rings (SSSR count). The van der Waals surface area contributed by atoms with E-state index in [4.69, 9.17) is 16.3 Å². The van der Waals surface area contributed by atoms with Crippen LogP contribution in [0.5, 0.6) is 5.75 Å². The zero-order valence-corrected chi connectivity index (χ0v) is 18.1. The SMILES string of the molecule is Cc1nn(CCNC(=O)c2cc(COc3ccc(Cl)cc3)cs2)c(C)c1Br. The van der Waals surface area contributed by atoms with Crippen molar-refractivity contribution in [1.82, 2.24) is 15.1 Å². The Balaban J connectivity index is 1.49. The fraction of sp³-hybridized carbons (Fsp3) is 0.263. The van der Waals surface area contributed by atoms with Gasteiger partial charge in [-0.3, -0.25) is 9.48 Å². The highest BCUT2D eigenvalue weighted by Crippen LogP contribution is 2.20. The molecule has 0 bridgehead atoms. The first kappa shape index (κ1) is 19.9. The summed E-state index contributed by atoms with van der Waals surface area (Å²) in [5, 5.41) is 9.98. The van der Waals surface area contributed by atoms with Crippen LogP contribution in [0.1, 0.15) is 26.6 Å². The van der Waals surface area contributed by atoms with Gasteiger partial charge in [-0.2, -0.15) is 5.10 Å². The molecule has 0 saturated heterocycles. The lowest BCUT2D eigenvalue weighted by atomic mass is 10.3. The summed E-state index contributed by atoms with van der Waals surface area (Å²) in [6, 6.07) is 9.06. The maximum absolute atomic E-state index is 12.3. The first-order valence-corrected chi connectivity index (χ1v) is 10.4. The van der Waals surface area contributed by atoms with Gasteiger partial charge in [0.2, 0.25) is 0 Å². The summed E-state index contributed by atoms with van der Waals surface area (Å²) in [5.41, 5.74) is 2.96. The van der Waals surface area contributed by atoms with Crippen LogP contribution in [0.2, 0.25) is 5.02 Å². The summed E-state index contributed by atoms with van der Waals surface area (Å²) < 4.78 is 8.61. The second kappa shape index (κ2) is 8.91. The Morgan fingerprint density at radius 3 is 2.74 bits per heavy atom. The predicted molar refractivity (Wildman–Crippen MR) is 112 cm³/mol. The molecule has 0 radical (unpaired) electrons. The number of thiophene rings is 1. The Hall–Kier alpha value is -1.83. The number of hydrogen-bond donors (Lipinski definition) is 1. The van der Waals surface area contributed by atoms with Crippen LogP contribution in [0.3, 0.4) is 0 Å². The molecule has 8 heteroatoms. The third-order valence-corrected chi connectivity index (χ3v) is 6.38. The van der Waals surface area contributed by atoms with Gasteiger partial charge in [-0.05, 0) is 65.5 Å². The van der Waals surface area contributed by atoms with E-state index in [-0.39, 0.29) is 5.91 Å². The van der Waals surface area contributed by atoms with Gasteiger partial charge in [0.15, 0.2) is 0 Å². The summed E-state index contributed by atoms with van der Waals surface area (Å²) in [7, 11) is 0. The van der Waals surface area contributed by atoms with Gasteiger partial charge in [-0.15, -0.1) is 11.3 Å². The molecule has 0 aliphatic heterocycles. The van der Waals surface area contributed by atoms with Gasteiger partial charge in [-0.25, -0.2) is 0 Å². The normalized spacial score (nSPS) is 10.8. The topological polar surface area (TPSA) is 56.2 Å².